The van der Waals surface area contributed by atoms with Crippen LogP contribution in [0.5, 0.6) is 0 Å². The third-order valence-electron chi connectivity index (χ3n) is 4.89. The van der Waals surface area contributed by atoms with E-state index in [0.717, 1.165) is 42.3 Å². The van der Waals surface area contributed by atoms with Crippen LogP contribution in [0, 0.1) is 26.7 Å². The Labute approximate surface area is 144 Å². The fourth-order valence-electron chi connectivity index (χ4n) is 3.59. The first-order valence-electron chi connectivity index (χ1n) is 8.81. The summed E-state index contributed by atoms with van der Waals surface area (Å²) in [7, 11) is 0. The number of amides is 1. The highest BCUT2D eigenvalue weighted by Gasteiger charge is 2.19. The first kappa shape index (κ1) is 16.8. The number of hydrogen-bond acceptors (Lipinski definition) is 2. The van der Waals surface area contributed by atoms with Gasteiger partial charge in [0, 0.05) is 23.6 Å². The number of nitrogens with one attached hydrogen (secondary N) is 2. The number of carbonyl (C=O) groups excluding carboxylic acids is 1. The fourth-order valence-corrected chi connectivity index (χ4v) is 3.59. The standard InChI is InChI=1S/C20H27N3O/c1-14-6-4-8-18(10-14)23-15(2)11-19(16(23)3)20(24)22-13-17-7-5-9-21-12-17/h4,6,8,10-11,17,21H,5,7,9,12-13H2,1-3H3,(H,22,24). The number of rotatable bonds is 4. The molecule has 0 saturated carbocycles. The van der Waals surface area contributed by atoms with E-state index in [1.807, 2.05) is 13.0 Å². The zero-order valence-corrected chi connectivity index (χ0v) is 14.9. The summed E-state index contributed by atoms with van der Waals surface area (Å²) < 4.78 is 2.16. The SMILES string of the molecule is Cc1cccc(-n2c(C)cc(C(=O)NCC3CCCNC3)c2C)c1. The Hall–Kier alpha value is -2.07. The van der Waals surface area contributed by atoms with Crippen LogP contribution in [0.4, 0.5) is 0 Å². The Balaban J connectivity index is 1.76. The minimum atomic E-state index is 0.0348. The third-order valence-corrected chi connectivity index (χ3v) is 4.89. The molecule has 1 aliphatic rings. The molecule has 1 unspecified atom stereocenters. The van der Waals surface area contributed by atoms with E-state index in [1.54, 1.807) is 0 Å². The molecule has 0 radical (unpaired) electrons. The van der Waals surface area contributed by atoms with Gasteiger partial charge in [0.15, 0.2) is 0 Å². The zero-order valence-electron chi connectivity index (χ0n) is 14.9. The van der Waals surface area contributed by atoms with Gasteiger partial charge in [0.05, 0.1) is 5.56 Å². The maximum atomic E-state index is 12.6. The molecular weight excluding hydrogens is 298 g/mol. The summed E-state index contributed by atoms with van der Waals surface area (Å²) in [6.45, 7) is 9.01. The molecule has 1 amide bonds. The summed E-state index contributed by atoms with van der Waals surface area (Å²) in [5, 5.41) is 6.51. The van der Waals surface area contributed by atoms with Gasteiger partial charge in [0.2, 0.25) is 0 Å². The predicted octanol–water partition coefficient (Wildman–Crippen LogP) is 3.13. The van der Waals surface area contributed by atoms with Gasteiger partial charge in [-0.05, 0) is 76.4 Å². The van der Waals surface area contributed by atoms with Gasteiger partial charge in [-0.15, -0.1) is 0 Å². The maximum absolute atomic E-state index is 12.6. The van der Waals surface area contributed by atoms with E-state index >= 15 is 0 Å². The van der Waals surface area contributed by atoms with Crippen LogP contribution in [0.15, 0.2) is 30.3 Å². The van der Waals surface area contributed by atoms with Gasteiger partial charge in [-0.3, -0.25) is 4.79 Å². The van der Waals surface area contributed by atoms with Crippen molar-refractivity contribution in [2.45, 2.75) is 33.6 Å². The lowest BCUT2D eigenvalue weighted by Gasteiger charge is -2.22. The predicted molar refractivity (Wildman–Crippen MR) is 97.9 cm³/mol. The lowest BCUT2D eigenvalue weighted by atomic mass is 10.00. The molecule has 1 aromatic heterocycles. The zero-order chi connectivity index (χ0) is 17.1. The summed E-state index contributed by atoms with van der Waals surface area (Å²) in [4.78, 5) is 12.6. The number of carbonyl (C=O) groups is 1. The molecule has 1 atom stereocenters. The van der Waals surface area contributed by atoms with Crippen LogP contribution in [-0.2, 0) is 0 Å². The van der Waals surface area contributed by atoms with Crippen molar-refractivity contribution in [2.75, 3.05) is 19.6 Å². The molecule has 1 saturated heterocycles. The maximum Gasteiger partial charge on any atom is 0.253 e. The molecule has 0 aliphatic carbocycles. The minimum Gasteiger partial charge on any atom is -0.352 e. The second-order valence-corrected chi connectivity index (χ2v) is 6.88. The second kappa shape index (κ2) is 7.22. The fraction of sp³-hybridized carbons (Fsp3) is 0.450. The summed E-state index contributed by atoms with van der Waals surface area (Å²) in [5.41, 5.74) is 5.19. The summed E-state index contributed by atoms with van der Waals surface area (Å²) in [6.07, 6.45) is 2.39. The van der Waals surface area contributed by atoms with Crippen molar-refractivity contribution in [3.63, 3.8) is 0 Å². The Morgan fingerprint density at radius 2 is 2.12 bits per heavy atom. The van der Waals surface area contributed by atoms with E-state index in [-0.39, 0.29) is 5.91 Å². The van der Waals surface area contributed by atoms with Gasteiger partial charge in [-0.2, -0.15) is 0 Å². The van der Waals surface area contributed by atoms with Crippen LogP contribution in [0.25, 0.3) is 5.69 Å². The van der Waals surface area contributed by atoms with Crippen molar-refractivity contribution >= 4 is 5.91 Å². The van der Waals surface area contributed by atoms with Gasteiger partial charge >= 0.3 is 0 Å². The van der Waals surface area contributed by atoms with E-state index < -0.39 is 0 Å². The Kier molecular flexibility index (Phi) is 5.05. The monoisotopic (exact) mass is 325 g/mol. The van der Waals surface area contributed by atoms with E-state index in [1.165, 1.54) is 18.4 Å². The minimum absolute atomic E-state index is 0.0348. The van der Waals surface area contributed by atoms with Gasteiger partial charge in [0.25, 0.3) is 5.91 Å². The molecule has 24 heavy (non-hydrogen) atoms. The molecule has 3 rings (SSSR count). The van der Waals surface area contributed by atoms with Crippen LogP contribution >= 0.6 is 0 Å². The number of aryl methyl sites for hydroxylation is 2. The van der Waals surface area contributed by atoms with Crippen LogP contribution < -0.4 is 10.6 Å². The van der Waals surface area contributed by atoms with E-state index in [2.05, 4.69) is 53.3 Å². The molecule has 1 fully saturated rings. The Morgan fingerprint density at radius 1 is 1.29 bits per heavy atom. The van der Waals surface area contributed by atoms with Gasteiger partial charge in [0.1, 0.15) is 0 Å². The topological polar surface area (TPSA) is 46.1 Å². The quantitative estimate of drug-likeness (QED) is 0.907. The highest BCUT2D eigenvalue weighted by molar-refractivity contribution is 5.95. The van der Waals surface area contributed by atoms with Gasteiger partial charge < -0.3 is 15.2 Å². The molecule has 2 N–H and O–H groups in total. The first-order valence-corrected chi connectivity index (χ1v) is 8.81. The van der Waals surface area contributed by atoms with E-state index in [9.17, 15) is 4.79 Å². The van der Waals surface area contributed by atoms with Crippen LogP contribution in [-0.4, -0.2) is 30.1 Å². The lowest BCUT2D eigenvalue weighted by molar-refractivity contribution is 0.0944. The van der Waals surface area contributed by atoms with Crippen LogP contribution in [0.2, 0.25) is 0 Å². The molecule has 2 aromatic rings. The molecule has 4 heteroatoms. The molecule has 1 aromatic carbocycles. The lowest BCUT2D eigenvalue weighted by Crippen LogP contribution is -2.38. The molecule has 0 bridgehead atoms. The summed E-state index contributed by atoms with van der Waals surface area (Å²) >= 11 is 0. The molecular formula is C20H27N3O. The largest absolute Gasteiger partial charge is 0.352 e. The van der Waals surface area contributed by atoms with Crippen molar-refractivity contribution in [1.82, 2.24) is 15.2 Å². The average molecular weight is 325 g/mol. The Morgan fingerprint density at radius 3 is 2.83 bits per heavy atom. The van der Waals surface area contributed by atoms with E-state index in [0.29, 0.717) is 5.92 Å². The highest BCUT2D eigenvalue weighted by Crippen LogP contribution is 2.21. The Bertz CT molecular complexity index is 726. The molecule has 2 heterocycles. The highest BCUT2D eigenvalue weighted by atomic mass is 16.1. The first-order chi connectivity index (χ1) is 11.6. The van der Waals surface area contributed by atoms with Crippen molar-refractivity contribution in [1.29, 1.82) is 0 Å². The number of nitrogens with zero attached hydrogens (tertiary/aromatic N) is 1. The smallest absolute Gasteiger partial charge is 0.253 e. The van der Waals surface area contributed by atoms with Crippen molar-refractivity contribution in [2.24, 2.45) is 5.92 Å². The summed E-state index contributed by atoms with van der Waals surface area (Å²) in [5.74, 6) is 0.579. The molecule has 0 spiro atoms. The molecule has 4 nitrogen and oxygen atoms in total. The number of aromatic nitrogens is 1. The molecule has 128 valence electrons. The number of benzene rings is 1. The number of piperidine rings is 1. The summed E-state index contributed by atoms with van der Waals surface area (Å²) in [6, 6.07) is 10.4. The second-order valence-electron chi connectivity index (χ2n) is 6.88. The van der Waals surface area contributed by atoms with Crippen LogP contribution in [0.3, 0.4) is 0 Å². The third kappa shape index (κ3) is 3.54. The van der Waals surface area contributed by atoms with E-state index in [4.69, 9.17) is 0 Å². The average Bonchev–Trinajstić information content (AvgIpc) is 2.88. The van der Waals surface area contributed by atoms with Crippen molar-refractivity contribution < 1.29 is 4.79 Å². The normalized spacial score (nSPS) is 17.7. The van der Waals surface area contributed by atoms with Gasteiger partial charge in [-0.25, -0.2) is 0 Å². The van der Waals surface area contributed by atoms with Crippen molar-refractivity contribution in [3.05, 3.63) is 52.8 Å². The van der Waals surface area contributed by atoms with Gasteiger partial charge in [-0.1, -0.05) is 12.1 Å². The number of hydrogen-bond donors (Lipinski definition) is 2. The van der Waals surface area contributed by atoms with Crippen molar-refractivity contribution in [3.8, 4) is 5.69 Å². The van der Waals surface area contributed by atoms with Crippen LogP contribution in [0.1, 0.15) is 40.2 Å². The molecule has 1 aliphatic heterocycles.